The molecule has 2 rings (SSSR count). The van der Waals surface area contributed by atoms with Gasteiger partial charge in [-0.1, -0.05) is 40.5 Å². The van der Waals surface area contributed by atoms with E-state index >= 15 is 0 Å². The highest BCUT2D eigenvalue weighted by molar-refractivity contribution is 5.01. The van der Waals surface area contributed by atoms with Gasteiger partial charge in [0.05, 0.1) is 6.10 Å². The zero-order valence-electron chi connectivity index (χ0n) is 13.4. The molecule has 2 fully saturated rings. The molecule has 2 nitrogen and oxygen atoms in total. The molecule has 1 aliphatic carbocycles. The molecule has 0 amide bonds. The van der Waals surface area contributed by atoms with Crippen LogP contribution in [0.5, 0.6) is 0 Å². The van der Waals surface area contributed by atoms with Gasteiger partial charge < -0.3 is 10.1 Å². The van der Waals surface area contributed by atoms with Crippen LogP contribution in [0.15, 0.2) is 0 Å². The first-order valence-electron chi connectivity index (χ1n) is 8.46. The zero-order chi connectivity index (χ0) is 13.9. The lowest BCUT2D eigenvalue weighted by Crippen LogP contribution is -2.45. The minimum Gasteiger partial charge on any atom is -0.377 e. The Kier molecular flexibility index (Phi) is 5.30. The SMILES string of the molecule is CCC(CC)CC1(CNC(C)C)CCOC1C1CC1. The number of hydrogen-bond donors (Lipinski definition) is 1. The van der Waals surface area contributed by atoms with Gasteiger partial charge in [0.1, 0.15) is 0 Å². The van der Waals surface area contributed by atoms with Crippen LogP contribution in [-0.2, 0) is 4.74 Å². The van der Waals surface area contributed by atoms with Crippen molar-refractivity contribution in [2.75, 3.05) is 13.2 Å². The first-order valence-corrected chi connectivity index (χ1v) is 8.46. The van der Waals surface area contributed by atoms with Crippen molar-refractivity contribution in [1.29, 1.82) is 0 Å². The van der Waals surface area contributed by atoms with Gasteiger partial charge in [0, 0.05) is 24.6 Å². The summed E-state index contributed by atoms with van der Waals surface area (Å²) in [6.07, 6.45) is 8.60. The van der Waals surface area contributed by atoms with E-state index in [1.807, 2.05) is 0 Å². The van der Waals surface area contributed by atoms with Gasteiger partial charge in [-0.25, -0.2) is 0 Å². The predicted octanol–water partition coefficient (Wildman–Crippen LogP) is 4.00. The van der Waals surface area contributed by atoms with Crippen LogP contribution in [-0.4, -0.2) is 25.3 Å². The van der Waals surface area contributed by atoms with Crippen LogP contribution < -0.4 is 5.32 Å². The Hall–Kier alpha value is -0.0800. The van der Waals surface area contributed by atoms with Crippen LogP contribution in [0.4, 0.5) is 0 Å². The maximum atomic E-state index is 6.18. The molecule has 1 saturated carbocycles. The molecule has 2 aliphatic rings. The van der Waals surface area contributed by atoms with Crippen molar-refractivity contribution in [1.82, 2.24) is 5.32 Å². The highest BCUT2D eigenvalue weighted by Crippen LogP contribution is 2.51. The Labute approximate surface area is 119 Å². The van der Waals surface area contributed by atoms with E-state index in [9.17, 15) is 0 Å². The average molecular weight is 267 g/mol. The maximum absolute atomic E-state index is 6.18. The number of ether oxygens (including phenoxy) is 1. The standard InChI is InChI=1S/C17H33NO/c1-5-14(6-2)11-17(12-18-13(3)4)9-10-19-16(17)15-7-8-15/h13-16,18H,5-12H2,1-4H3. The van der Waals surface area contributed by atoms with Crippen molar-refractivity contribution < 1.29 is 4.74 Å². The van der Waals surface area contributed by atoms with E-state index in [1.54, 1.807) is 0 Å². The smallest absolute Gasteiger partial charge is 0.0672 e. The fourth-order valence-electron chi connectivity index (χ4n) is 3.78. The lowest BCUT2D eigenvalue weighted by Gasteiger charge is -2.38. The minimum absolute atomic E-state index is 0.419. The quantitative estimate of drug-likeness (QED) is 0.718. The van der Waals surface area contributed by atoms with Crippen LogP contribution in [0.1, 0.15) is 66.2 Å². The van der Waals surface area contributed by atoms with Crippen molar-refractivity contribution in [2.24, 2.45) is 17.3 Å². The summed E-state index contributed by atoms with van der Waals surface area (Å²) in [6, 6.07) is 0.582. The fraction of sp³-hybridized carbons (Fsp3) is 1.00. The van der Waals surface area contributed by atoms with E-state index in [2.05, 4.69) is 33.0 Å². The average Bonchev–Trinajstić information content (AvgIpc) is 3.15. The van der Waals surface area contributed by atoms with E-state index in [0.717, 1.165) is 25.0 Å². The van der Waals surface area contributed by atoms with Crippen LogP contribution in [0.25, 0.3) is 0 Å². The van der Waals surface area contributed by atoms with Crippen molar-refractivity contribution in [3.05, 3.63) is 0 Å². The Bertz CT molecular complexity index is 270. The highest BCUT2D eigenvalue weighted by atomic mass is 16.5. The molecule has 2 heteroatoms. The van der Waals surface area contributed by atoms with Gasteiger partial charge in [0.2, 0.25) is 0 Å². The first-order chi connectivity index (χ1) is 9.11. The maximum Gasteiger partial charge on any atom is 0.0672 e. The van der Waals surface area contributed by atoms with Crippen molar-refractivity contribution in [3.8, 4) is 0 Å². The molecule has 1 saturated heterocycles. The van der Waals surface area contributed by atoms with E-state index in [0.29, 0.717) is 17.6 Å². The largest absolute Gasteiger partial charge is 0.377 e. The van der Waals surface area contributed by atoms with E-state index in [1.165, 1.54) is 38.5 Å². The van der Waals surface area contributed by atoms with E-state index in [4.69, 9.17) is 4.74 Å². The summed E-state index contributed by atoms with van der Waals surface area (Å²) >= 11 is 0. The van der Waals surface area contributed by atoms with E-state index < -0.39 is 0 Å². The van der Waals surface area contributed by atoms with Crippen LogP contribution in [0.2, 0.25) is 0 Å². The van der Waals surface area contributed by atoms with Crippen LogP contribution >= 0.6 is 0 Å². The minimum atomic E-state index is 0.419. The lowest BCUT2D eigenvalue weighted by atomic mass is 9.71. The molecule has 0 spiro atoms. The number of nitrogens with one attached hydrogen (secondary N) is 1. The first kappa shape index (κ1) is 15.3. The third-order valence-electron chi connectivity index (χ3n) is 5.26. The summed E-state index contributed by atoms with van der Waals surface area (Å²) in [5.74, 6) is 1.74. The normalized spacial score (nSPS) is 31.6. The van der Waals surface area contributed by atoms with Crippen molar-refractivity contribution >= 4 is 0 Å². The Morgan fingerprint density at radius 1 is 1.21 bits per heavy atom. The molecule has 0 aromatic heterocycles. The summed E-state index contributed by atoms with van der Waals surface area (Å²) in [5, 5.41) is 3.71. The fourth-order valence-corrected chi connectivity index (χ4v) is 3.78. The molecular weight excluding hydrogens is 234 g/mol. The van der Waals surface area contributed by atoms with Crippen molar-refractivity contribution in [2.45, 2.75) is 78.4 Å². The van der Waals surface area contributed by atoms with Gasteiger partial charge in [-0.3, -0.25) is 0 Å². The molecule has 1 heterocycles. The van der Waals surface area contributed by atoms with Gasteiger partial charge in [0.15, 0.2) is 0 Å². The van der Waals surface area contributed by atoms with Gasteiger partial charge in [-0.15, -0.1) is 0 Å². The predicted molar refractivity (Wildman–Crippen MR) is 81.3 cm³/mol. The molecule has 0 radical (unpaired) electrons. The summed E-state index contributed by atoms with van der Waals surface area (Å²) in [5.41, 5.74) is 0.419. The topological polar surface area (TPSA) is 21.3 Å². The third-order valence-corrected chi connectivity index (χ3v) is 5.26. The Balaban J connectivity index is 2.06. The zero-order valence-corrected chi connectivity index (χ0v) is 13.4. The summed E-state index contributed by atoms with van der Waals surface area (Å²) in [4.78, 5) is 0. The number of rotatable bonds is 8. The lowest BCUT2D eigenvalue weighted by molar-refractivity contribution is 0.0169. The third kappa shape index (κ3) is 3.72. The second-order valence-corrected chi connectivity index (χ2v) is 7.16. The Morgan fingerprint density at radius 2 is 1.89 bits per heavy atom. The van der Waals surface area contributed by atoms with Gasteiger partial charge >= 0.3 is 0 Å². The molecule has 1 N–H and O–H groups in total. The monoisotopic (exact) mass is 267 g/mol. The van der Waals surface area contributed by atoms with Crippen molar-refractivity contribution in [3.63, 3.8) is 0 Å². The second kappa shape index (κ2) is 6.58. The molecular formula is C17H33NO. The van der Waals surface area contributed by atoms with Gasteiger partial charge in [-0.05, 0) is 37.5 Å². The van der Waals surface area contributed by atoms with Crippen LogP contribution in [0, 0.1) is 17.3 Å². The summed E-state index contributed by atoms with van der Waals surface area (Å²) in [7, 11) is 0. The second-order valence-electron chi connectivity index (χ2n) is 7.16. The van der Waals surface area contributed by atoms with Gasteiger partial charge in [-0.2, -0.15) is 0 Å². The molecule has 19 heavy (non-hydrogen) atoms. The van der Waals surface area contributed by atoms with Crippen LogP contribution in [0.3, 0.4) is 0 Å². The molecule has 0 bridgehead atoms. The van der Waals surface area contributed by atoms with E-state index in [-0.39, 0.29) is 0 Å². The molecule has 1 aliphatic heterocycles. The molecule has 0 aromatic rings. The molecule has 2 atom stereocenters. The summed E-state index contributed by atoms with van der Waals surface area (Å²) < 4.78 is 6.18. The molecule has 112 valence electrons. The van der Waals surface area contributed by atoms with Gasteiger partial charge in [0.25, 0.3) is 0 Å². The number of hydrogen-bond acceptors (Lipinski definition) is 2. The Morgan fingerprint density at radius 3 is 2.42 bits per heavy atom. The molecule has 2 unspecified atom stereocenters. The molecule has 0 aromatic carbocycles. The summed E-state index contributed by atoms with van der Waals surface area (Å²) in [6.45, 7) is 11.3. The highest BCUT2D eigenvalue weighted by Gasteiger charge is 2.51.